The maximum atomic E-state index is 9.89. The van der Waals surface area contributed by atoms with Gasteiger partial charge in [-0.2, -0.15) is 0 Å². The van der Waals surface area contributed by atoms with Gasteiger partial charge in [0.05, 0.1) is 6.10 Å². The molecule has 0 saturated heterocycles. The molecule has 0 aromatic rings. The molecule has 4 aliphatic carbocycles. The maximum absolute atomic E-state index is 9.89. The smallest absolute Gasteiger partial charge is 0.0543 e. The van der Waals surface area contributed by atoms with Crippen molar-refractivity contribution in [2.75, 3.05) is 0 Å². The molecule has 0 amide bonds. The van der Waals surface area contributed by atoms with Crippen LogP contribution in [-0.4, -0.2) is 11.2 Å². The van der Waals surface area contributed by atoms with Crippen molar-refractivity contribution in [1.29, 1.82) is 0 Å². The molecule has 18 heavy (non-hydrogen) atoms. The van der Waals surface area contributed by atoms with E-state index in [2.05, 4.69) is 0 Å². The lowest BCUT2D eigenvalue weighted by Crippen LogP contribution is -2.45. The van der Waals surface area contributed by atoms with Crippen molar-refractivity contribution < 1.29 is 5.11 Å². The molecule has 1 nitrogen and oxygen atoms in total. The summed E-state index contributed by atoms with van der Waals surface area (Å²) >= 11 is 0. The van der Waals surface area contributed by atoms with E-state index >= 15 is 0 Å². The molecule has 0 radical (unpaired) electrons. The van der Waals surface area contributed by atoms with Crippen LogP contribution in [0.3, 0.4) is 0 Å². The van der Waals surface area contributed by atoms with E-state index in [-0.39, 0.29) is 6.10 Å². The lowest BCUT2D eigenvalue weighted by Gasteiger charge is -2.52. The van der Waals surface area contributed by atoms with Crippen molar-refractivity contribution in [3.8, 4) is 0 Å². The third-order valence-electron chi connectivity index (χ3n) is 7.12. The number of fused-ring (bicyclic) bond motifs is 5. The van der Waals surface area contributed by atoms with Crippen LogP contribution in [0.1, 0.15) is 64.2 Å². The predicted molar refractivity (Wildman–Crippen MR) is 73.1 cm³/mol. The van der Waals surface area contributed by atoms with Crippen molar-refractivity contribution in [2.24, 2.45) is 35.5 Å². The van der Waals surface area contributed by atoms with Gasteiger partial charge in [0.25, 0.3) is 0 Å². The summed E-state index contributed by atoms with van der Waals surface area (Å²) in [5.74, 6) is 6.23. The van der Waals surface area contributed by atoms with E-state index in [1.165, 1.54) is 38.5 Å². The number of rotatable bonds is 0. The van der Waals surface area contributed by atoms with Gasteiger partial charge >= 0.3 is 0 Å². The van der Waals surface area contributed by atoms with Gasteiger partial charge in [-0.25, -0.2) is 0 Å². The Balaban J connectivity index is 1.53. The van der Waals surface area contributed by atoms with Crippen molar-refractivity contribution >= 4 is 0 Å². The van der Waals surface area contributed by atoms with Gasteiger partial charge in [-0.05, 0) is 86.9 Å². The van der Waals surface area contributed by atoms with Gasteiger partial charge in [0, 0.05) is 0 Å². The molecule has 7 atom stereocenters. The van der Waals surface area contributed by atoms with Crippen molar-refractivity contribution in [1.82, 2.24) is 0 Å². The molecule has 1 heteroatoms. The van der Waals surface area contributed by atoms with Crippen LogP contribution in [0.2, 0.25) is 0 Å². The normalized spacial score (nSPS) is 55.5. The molecule has 4 aliphatic rings. The van der Waals surface area contributed by atoms with Gasteiger partial charge in [0.15, 0.2) is 0 Å². The van der Waals surface area contributed by atoms with E-state index in [1.807, 2.05) is 0 Å². The summed E-state index contributed by atoms with van der Waals surface area (Å²) in [5, 5.41) is 9.89. The minimum Gasteiger partial charge on any atom is -0.393 e. The molecule has 0 aromatic heterocycles. The van der Waals surface area contributed by atoms with E-state index in [1.54, 1.807) is 12.8 Å². The third kappa shape index (κ3) is 1.77. The van der Waals surface area contributed by atoms with Crippen LogP contribution in [0.5, 0.6) is 0 Å². The van der Waals surface area contributed by atoms with Crippen LogP contribution in [0.4, 0.5) is 0 Å². The summed E-state index contributed by atoms with van der Waals surface area (Å²) in [5.41, 5.74) is 0. The van der Waals surface area contributed by atoms with E-state index < -0.39 is 0 Å². The SMILES string of the molecule is O[C@H]1CCC2C(CCC3[C@H]4CCCC4CC[C@@H]23)C1. The number of aliphatic hydroxyl groups is 1. The van der Waals surface area contributed by atoms with Crippen molar-refractivity contribution in [2.45, 2.75) is 70.3 Å². The van der Waals surface area contributed by atoms with Gasteiger partial charge in [-0.15, -0.1) is 0 Å². The molecule has 102 valence electrons. The molecule has 1 N–H and O–H groups in total. The molecule has 0 heterocycles. The number of hydrogen-bond acceptors (Lipinski definition) is 1. The molecule has 4 fully saturated rings. The van der Waals surface area contributed by atoms with Crippen molar-refractivity contribution in [3.05, 3.63) is 0 Å². The third-order valence-corrected chi connectivity index (χ3v) is 7.12. The highest BCUT2D eigenvalue weighted by Crippen LogP contribution is 2.57. The van der Waals surface area contributed by atoms with Gasteiger partial charge in [0.2, 0.25) is 0 Å². The first-order chi connectivity index (χ1) is 8.83. The average Bonchev–Trinajstić information content (AvgIpc) is 2.86. The summed E-state index contributed by atoms with van der Waals surface area (Å²) in [4.78, 5) is 0. The summed E-state index contributed by atoms with van der Waals surface area (Å²) in [6.45, 7) is 0. The Bertz CT molecular complexity index is 313. The number of aliphatic hydroxyl groups excluding tert-OH is 1. The second-order valence-electron chi connectivity index (χ2n) is 7.73. The molecule has 4 saturated carbocycles. The van der Waals surface area contributed by atoms with Crippen LogP contribution in [0.25, 0.3) is 0 Å². The Morgan fingerprint density at radius 3 is 2.06 bits per heavy atom. The van der Waals surface area contributed by atoms with Gasteiger partial charge in [-0.3, -0.25) is 0 Å². The fraction of sp³-hybridized carbons (Fsp3) is 1.00. The minimum atomic E-state index is 0.0330. The first-order valence-electron chi connectivity index (χ1n) is 8.51. The molecule has 0 spiro atoms. The van der Waals surface area contributed by atoms with E-state index in [9.17, 15) is 5.11 Å². The van der Waals surface area contributed by atoms with Crippen molar-refractivity contribution in [3.63, 3.8) is 0 Å². The quantitative estimate of drug-likeness (QED) is 0.687. The Kier molecular flexibility index (Phi) is 2.94. The summed E-state index contributed by atoms with van der Waals surface area (Å²) in [7, 11) is 0. The van der Waals surface area contributed by atoms with Gasteiger partial charge < -0.3 is 5.11 Å². The van der Waals surface area contributed by atoms with Crippen LogP contribution >= 0.6 is 0 Å². The van der Waals surface area contributed by atoms with E-state index in [0.29, 0.717) is 0 Å². The number of hydrogen-bond donors (Lipinski definition) is 1. The van der Waals surface area contributed by atoms with Gasteiger partial charge in [0.1, 0.15) is 0 Å². The van der Waals surface area contributed by atoms with E-state index in [4.69, 9.17) is 0 Å². The summed E-state index contributed by atoms with van der Waals surface area (Å²) in [6, 6.07) is 0. The topological polar surface area (TPSA) is 20.2 Å². The molecule has 0 aromatic carbocycles. The second-order valence-corrected chi connectivity index (χ2v) is 7.73. The monoisotopic (exact) mass is 248 g/mol. The van der Waals surface area contributed by atoms with Crippen LogP contribution in [0.15, 0.2) is 0 Å². The zero-order valence-electron chi connectivity index (χ0n) is 11.6. The minimum absolute atomic E-state index is 0.0330. The Morgan fingerprint density at radius 2 is 1.22 bits per heavy atom. The summed E-state index contributed by atoms with van der Waals surface area (Å²) in [6.07, 6.45) is 14.2. The zero-order valence-corrected chi connectivity index (χ0v) is 11.6. The molecule has 4 unspecified atom stereocenters. The lowest BCUT2D eigenvalue weighted by molar-refractivity contribution is -0.0457. The lowest BCUT2D eigenvalue weighted by atomic mass is 9.53. The Morgan fingerprint density at radius 1 is 0.556 bits per heavy atom. The molecule has 0 bridgehead atoms. The Hall–Kier alpha value is -0.0400. The highest BCUT2D eigenvalue weighted by atomic mass is 16.3. The average molecular weight is 248 g/mol. The first kappa shape index (κ1) is 11.8. The fourth-order valence-electron chi connectivity index (χ4n) is 6.45. The largest absolute Gasteiger partial charge is 0.393 e. The highest BCUT2D eigenvalue weighted by molar-refractivity contribution is 4.99. The van der Waals surface area contributed by atoms with E-state index in [0.717, 1.165) is 48.3 Å². The van der Waals surface area contributed by atoms with Crippen LogP contribution < -0.4 is 0 Å². The Labute approximate surface area is 111 Å². The predicted octanol–water partition coefficient (Wildman–Crippen LogP) is 4.00. The maximum Gasteiger partial charge on any atom is 0.0543 e. The molecular formula is C17H28O. The standard InChI is InChI=1S/C17H28O/c18-13-6-9-15-12(10-13)5-8-16-14-3-1-2-11(14)4-7-17(15)16/h11-18H,1-10H2/t11?,12?,13-,14-,15?,16?,17-/m0/s1. The summed E-state index contributed by atoms with van der Waals surface area (Å²) < 4.78 is 0. The van der Waals surface area contributed by atoms with Gasteiger partial charge in [-0.1, -0.05) is 12.8 Å². The highest BCUT2D eigenvalue weighted by Gasteiger charge is 2.49. The van der Waals surface area contributed by atoms with Crippen LogP contribution in [-0.2, 0) is 0 Å². The fourth-order valence-corrected chi connectivity index (χ4v) is 6.45. The molecule has 4 rings (SSSR count). The molecular weight excluding hydrogens is 220 g/mol. The first-order valence-corrected chi connectivity index (χ1v) is 8.51. The zero-order chi connectivity index (χ0) is 12.1. The second kappa shape index (κ2) is 4.51. The molecule has 0 aliphatic heterocycles. The van der Waals surface area contributed by atoms with Crippen LogP contribution in [0, 0.1) is 35.5 Å².